The summed E-state index contributed by atoms with van der Waals surface area (Å²) in [5.41, 5.74) is 4.15. The summed E-state index contributed by atoms with van der Waals surface area (Å²) in [6, 6.07) is 24.0. The quantitative estimate of drug-likeness (QED) is 0.369. The van der Waals surface area contributed by atoms with Gasteiger partial charge in [0.05, 0.1) is 0 Å². The predicted molar refractivity (Wildman–Crippen MR) is 131 cm³/mol. The van der Waals surface area contributed by atoms with Crippen LogP contribution in [0.3, 0.4) is 0 Å². The molecule has 0 aromatic heterocycles. The van der Waals surface area contributed by atoms with Crippen molar-refractivity contribution in [2.75, 3.05) is 20.6 Å². The minimum absolute atomic E-state index is 0.00570. The SMILES string of the molecule is CC(CN(C)C)C(O)(SCc1ccc(Cl)cc1Cl)c1ccc(-c2ccccc2)cc1. The van der Waals surface area contributed by atoms with E-state index in [9.17, 15) is 5.11 Å². The first-order valence-electron chi connectivity index (χ1n) is 9.90. The van der Waals surface area contributed by atoms with Crippen LogP contribution in [0.5, 0.6) is 0 Å². The molecule has 0 radical (unpaired) electrons. The molecule has 3 aromatic rings. The second-order valence-electron chi connectivity index (χ2n) is 7.83. The van der Waals surface area contributed by atoms with Gasteiger partial charge in [0.1, 0.15) is 4.93 Å². The Morgan fingerprint density at radius 1 is 0.933 bits per heavy atom. The molecule has 3 aromatic carbocycles. The molecule has 0 fully saturated rings. The smallest absolute Gasteiger partial charge is 0.140 e. The van der Waals surface area contributed by atoms with Crippen LogP contribution in [0.1, 0.15) is 18.1 Å². The highest BCUT2D eigenvalue weighted by Crippen LogP contribution is 2.44. The molecule has 0 aliphatic rings. The topological polar surface area (TPSA) is 23.5 Å². The molecular formula is C25H27Cl2NOS. The third-order valence-electron chi connectivity index (χ3n) is 5.18. The van der Waals surface area contributed by atoms with Crippen molar-refractivity contribution in [3.8, 4) is 11.1 Å². The van der Waals surface area contributed by atoms with Crippen molar-refractivity contribution in [2.24, 2.45) is 5.92 Å². The van der Waals surface area contributed by atoms with Crippen molar-refractivity contribution < 1.29 is 5.11 Å². The van der Waals surface area contributed by atoms with E-state index in [-0.39, 0.29) is 5.92 Å². The molecule has 0 saturated carbocycles. The van der Waals surface area contributed by atoms with Crippen LogP contribution >= 0.6 is 35.0 Å². The zero-order valence-electron chi connectivity index (χ0n) is 17.5. The first-order valence-corrected chi connectivity index (χ1v) is 11.6. The fourth-order valence-corrected chi connectivity index (χ4v) is 5.38. The average molecular weight is 460 g/mol. The second kappa shape index (κ2) is 10.2. The molecule has 0 bridgehead atoms. The maximum Gasteiger partial charge on any atom is 0.140 e. The Bertz CT molecular complexity index is 963. The lowest BCUT2D eigenvalue weighted by molar-refractivity contribution is 0.0638. The van der Waals surface area contributed by atoms with E-state index in [1.165, 1.54) is 11.8 Å². The standard InChI is InChI=1S/C25H27Cl2NOS/c1-18(16-28(2)3)25(29,30-17-21-11-14-23(26)15-24(21)27)22-12-9-20(10-13-22)19-7-5-4-6-8-19/h4-15,18,29H,16-17H2,1-3H3. The number of hydrogen-bond donors (Lipinski definition) is 1. The number of aliphatic hydroxyl groups is 1. The Morgan fingerprint density at radius 3 is 2.17 bits per heavy atom. The fraction of sp³-hybridized carbons (Fsp3) is 0.280. The van der Waals surface area contributed by atoms with Crippen molar-refractivity contribution in [2.45, 2.75) is 17.6 Å². The molecule has 5 heteroatoms. The zero-order chi connectivity index (χ0) is 21.7. The molecule has 2 atom stereocenters. The highest BCUT2D eigenvalue weighted by atomic mass is 35.5. The van der Waals surface area contributed by atoms with Crippen LogP contribution in [-0.2, 0) is 10.7 Å². The molecule has 3 rings (SSSR count). The van der Waals surface area contributed by atoms with E-state index in [1.54, 1.807) is 6.07 Å². The first-order chi connectivity index (χ1) is 14.3. The Balaban J connectivity index is 1.89. The van der Waals surface area contributed by atoms with Crippen LogP contribution in [0, 0.1) is 5.92 Å². The minimum Gasteiger partial charge on any atom is -0.375 e. The van der Waals surface area contributed by atoms with Gasteiger partial charge in [0.2, 0.25) is 0 Å². The molecule has 0 saturated heterocycles. The van der Waals surface area contributed by atoms with Crippen molar-refractivity contribution >= 4 is 35.0 Å². The molecule has 0 aliphatic carbocycles. The Hall–Kier alpha value is -1.49. The van der Waals surface area contributed by atoms with Crippen LogP contribution in [0.2, 0.25) is 10.0 Å². The Labute approximate surface area is 193 Å². The molecule has 158 valence electrons. The third kappa shape index (κ3) is 5.60. The summed E-state index contributed by atoms with van der Waals surface area (Å²) in [7, 11) is 4.05. The van der Waals surface area contributed by atoms with Gasteiger partial charge in [-0.1, -0.05) is 90.8 Å². The van der Waals surface area contributed by atoms with Gasteiger partial charge in [-0.2, -0.15) is 0 Å². The van der Waals surface area contributed by atoms with Gasteiger partial charge in [-0.3, -0.25) is 0 Å². The number of halogens is 2. The number of hydrogen-bond acceptors (Lipinski definition) is 3. The van der Waals surface area contributed by atoms with E-state index in [4.69, 9.17) is 23.2 Å². The molecule has 0 spiro atoms. The summed E-state index contributed by atoms with van der Waals surface area (Å²) in [6.45, 7) is 2.85. The first kappa shape index (κ1) is 23.2. The van der Waals surface area contributed by atoms with Crippen molar-refractivity contribution in [1.82, 2.24) is 4.90 Å². The summed E-state index contributed by atoms with van der Waals surface area (Å²) in [5, 5.41) is 13.1. The minimum atomic E-state index is -1.05. The predicted octanol–water partition coefficient (Wildman–Crippen LogP) is 6.94. The zero-order valence-corrected chi connectivity index (χ0v) is 19.8. The molecule has 1 N–H and O–H groups in total. The van der Waals surface area contributed by atoms with E-state index in [2.05, 4.69) is 36.1 Å². The molecule has 0 amide bonds. The van der Waals surface area contributed by atoms with Crippen molar-refractivity contribution in [3.63, 3.8) is 0 Å². The van der Waals surface area contributed by atoms with Gasteiger partial charge in [-0.25, -0.2) is 0 Å². The molecule has 0 heterocycles. The maximum absolute atomic E-state index is 11.8. The number of nitrogens with zero attached hydrogens (tertiary/aromatic N) is 1. The Morgan fingerprint density at radius 2 is 1.57 bits per heavy atom. The summed E-state index contributed by atoms with van der Waals surface area (Å²) in [6.07, 6.45) is 0. The molecule has 2 nitrogen and oxygen atoms in total. The van der Waals surface area contributed by atoms with Crippen molar-refractivity contribution in [1.29, 1.82) is 0 Å². The van der Waals surface area contributed by atoms with Crippen LogP contribution < -0.4 is 0 Å². The third-order valence-corrected chi connectivity index (χ3v) is 7.30. The van der Waals surface area contributed by atoms with E-state index < -0.39 is 4.93 Å². The summed E-state index contributed by atoms with van der Waals surface area (Å²) in [5.74, 6) is 0.594. The van der Waals surface area contributed by atoms with Gasteiger partial charge >= 0.3 is 0 Å². The summed E-state index contributed by atoms with van der Waals surface area (Å²) >= 11 is 13.9. The van der Waals surface area contributed by atoms with Crippen molar-refractivity contribution in [3.05, 3.63) is 94.0 Å². The van der Waals surface area contributed by atoms with Gasteiger partial charge in [-0.15, -0.1) is 11.8 Å². The summed E-state index contributed by atoms with van der Waals surface area (Å²) < 4.78 is 0. The van der Waals surface area contributed by atoms with Gasteiger partial charge in [-0.05, 0) is 48.5 Å². The number of thioether (sulfide) groups is 1. The van der Waals surface area contributed by atoms with Crippen LogP contribution in [0.15, 0.2) is 72.8 Å². The molecule has 30 heavy (non-hydrogen) atoms. The van der Waals surface area contributed by atoms with Crippen LogP contribution in [0.25, 0.3) is 11.1 Å². The largest absolute Gasteiger partial charge is 0.375 e. The van der Waals surface area contributed by atoms with Gasteiger partial charge in [0.15, 0.2) is 0 Å². The van der Waals surface area contributed by atoms with E-state index >= 15 is 0 Å². The van der Waals surface area contributed by atoms with E-state index in [1.807, 2.05) is 56.6 Å². The highest BCUT2D eigenvalue weighted by molar-refractivity contribution is 7.99. The van der Waals surface area contributed by atoms with Crippen LogP contribution in [-0.4, -0.2) is 30.6 Å². The lowest BCUT2D eigenvalue weighted by Gasteiger charge is -2.36. The van der Waals surface area contributed by atoms with E-state index in [0.717, 1.165) is 28.8 Å². The number of benzene rings is 3. The molecule has 0 aliphatic heterocycles. The Kier molecular flexibility index (Phi) is 7.89. The lowest BCUT2D eigenvalue weighted by Crippen LogP contribution is -2.36. The van der Waals surface area contributed by atoms with E-state index in [0.29, 0.717) is 15.8 Å². The molecular weight excluding hydrogens is 433 g/mol. The average Bonchev–Trinajstić information content (AvgIpc) is 2.73. The normalized spacial score (nSPS) is 14.5. The van der Waals surface area contributed by atoms with Gasteiger partial charge in [0, 0.05) is 28.3 Å². The molecule has 2 unspecified atom stereocenters. The summed E-state index contributed by atoms with van der Waals surface area (Å²) in [4.78, 5) is 1.05. The second-order valence-corrected chi connectivity index (χ2v) is 9.87. The van der Waals surface area contributed by atoms with Crippen LogP contribution in [0.4, 0.5) is 0 Å². The highest BCUT2D eigenvalue weighted by Gasteiger charge is 2.36. The number of rotatable bonds is 8. The monoisotopic (exact) mass is 459 g/mol. The maximum atomic E-state index is 11.8. The lowest BCUT2D eigenvalue weighted by atomic mass is 9.94. The fourth-order valence-electron chi connectivity index (χ4n) is 3.54. The van der Waals surface area contributed by atoms with Gasteiger partial charge in [0.25, 0.3) is 0 Å². The van der Waals surface area contributed by atoms with Gasteiger partial charge < -0.3 is 10.0 Å².